The molecule has 0 bridgehead atoms. The molecule has 2 N–H and O–H groups in total. The molecule has 1 atom stereocenters. The molecule has 0 aromatic heterocycles. The first-order valence-corrected chi connectivity index (χ1v) is 9.40. The molecule has 0 heterocycles. The fourth-order valence-corrected chi connectivity index (χ4v) is 3.22. The molecule has 6 nitrogen and oxygen atoms in total. The average Bonchev–Trinajstić information content (AvgIpc) is 2.69. The molecule has 2 aromatic carbocycles. The number of amides is 1. The highest BCUT2D eigenvalue weighted by molar-refractivity contribution is 8.00. The van der Waals surface area contributed by atoms with Crippen molar-refractivity contribution in [2.24, 2.45) is 5.92 Å². The Kier molecular flexibility index (Phi) is 8.00. The molecule has 1 unspecified atom stereocenters. The van der Waals surface area contributed by atoms with Gasteiger partial charge in [-0.05, 0) is 42.3 Å². The molecule has 7 heteroatoms. The molecule has 0 aliphatic rings. The number of rotatable bonds is 10. The van der Waals surface area contributed by atoms with Crippen molar-refractivity contribution in [1.29, 1.82) is 0 Å². The van der Waals surface area contributed by atoms with E-state index in [9.17, 15) is 14.7 Å². The summed E-state index contributed by atoms with van der Waals surface area (Å²) in [6.45, 7) is 0.0649. The maximum Gasteiger partial charge on any atom is 0.308 e. The van der Waals surface area contributed by atoms with E-state index in [2.05, 4.69) is 5.32 Å². The molecule has 27 heavy (non-hydrogen) atoms. The number of carboxylic acid groups (broad SMARTS) is 1. The van der Waals surface area contributed by atoms with Gasteiger partial charge in [0, 0.05) is 11.4 Å². The molecule has 0 aliphatic heterocycles. The van der Waals surface area contributed by atoms with Crippen LogP contribution >= 0.6 is 11.8 Å². The van der Waals surface area contributed by atoms with Crippen LogP contribution in [0, 0.1) is 5.92 Å². The molecule has 0 saturated carbocycles. The van der Waals surface area contributed by atoms with Crippen molar-refractivity contribution in [1.82, 2.24) is 5.32 Å². The molecule has 2 rings (SSSR count). The van der Waals surface area contributed by atoms with Gasteiger partial charge < -0.3 is 19.9 Å². The van der Waals surface area contributed by atoms with Crippen molar-refractivity contribution in [2.75, 3.05) is 26.5 Å². The average molecular weight is 389 g/mol. The van der Waals surface area contributed by atoms with E-state index in [0.29, 0.717) is 5.75 Å². The molecular formula is C20H23NO5S. The van der Waals surface area contributed by atoms with Gasteiger partial charge in [-0.1, -0.05) is 18.2 Å². The van der Waals surface area contributed by atoms with Crippen LogP contribution in [-0.4, -0.2) is 43.5 Å². The lowest BCUT2D eigenvalue weighted by Crippen LogP contribution is -2.35. The number of thioether (sulfide) groups is 1. The second kappa shape index (κ2) is 10.5. The first-order chi connectivity index (χ1) is 13.0. The lowest BCUT2D eigenvalue weighted by atomic mass is 9.98. The lowest BCUT2D eigenvalue weighted by Gasteiger charge is -2.15. The number of carbonyl (C=O) groups excluding carboxylic acids is 1. The van der Waals surface area contributed by atoms with Crippen LogP contribution in [0.2, 0.25) is 0 Å². The summed E-state index contributed by atoms with van der Waals surface area (Å²) >= 11 is 1.38. The van der Waals surface area contributed by atoms with E-state index < -0.39 is 11.9 Å². The van der Waals surface area contributed by atoms with Gasteiger partial charge in [-0.15, -0.1) is 11.8 Å². The van der Waals surface area contributed by atoms with E-state index in [1.165, 1.54) is 11.8 Å². The normalized spacial score (nSPS) is 11.5. The zero-order valence-electron chi connectivity index (χ0n) is 15.3. The van der Waals surface area contributed by atoms with Gasteiger partial charge in [0.05, 0.1) is 25.9 Å². The van der Waals surface area contributed by atoms with Gasteiger partial charge in [-0.2, -0.15) is 0 Å². The molecular weight excluding hydrogens is 366 g/mol. The molecule has 0 spiro atoms. The van der Waals surface area contributed by atoms with Crippen molar-refractivity contribution in [2.45, 2.75) is 11.3 Å². The quantitative estimate of drug-likeness (QED) is 0.608. The predicted molar refractivity (Wildman–Crippen MR) is 105 cm³/mol. The number of hydrogen-bond acceptors (Lipinski definition) is 5. The number of methoxy groups -OCH3 is 2. The van der Waals surface area contributed by atoms with Crippen LogP contribution in [0.5, 0.6) is 11.5 Å². The molecule has 0 saturated heterocycles. The number of benzene rings is 2. The zero-order valence-corrected chi connectivity index (χ0v) is 16.1. The van der Waals surface area contributed by atoms with Gasteiger partial charge >= 0.3 is 5.97 Å². The Morgan fingerprint density at radius 1 is 1.07 bits per heavy atom. The Labute approximate surface area is 162 Å². The minimum atomic E-state index is -0.955. The first kappa shape index (κ1) is 20.6. The molecule has 0 aliphatic carbocycles. The Morgan fingerprint density at radius 3 is 2.41 bits per heavy atom. The second-order valence-electron chi connectivity index (χ2n) is 5.82. The van der Waals surface area contributed by atoms with Crippen LogP contribution in [0.3, 0.4) is 0 Å². The SMILES string of the molecule is COc1ccc(SCC(=O)NCC(Cc2ccccc2OC)C(=O)O)cc1. The van der Waals surface area contributed by atoms with Crippen molar-refractivity contribution >= 4 is 23.6 Å². The predicted octanol–water partition coefficient (Wildman–Crippen LogP) is 2.86. The molecule has 1 amide bonds. The summed E-state index contributed by atoms with van der Waals surface area (Å²) in [5, 5.41) is 12.2. The van der Waals surface area contributed by atoms with Crippen molar-refractivity contribution in [3.8, 4) is 11.5 Å². The Bertz CT molecular complexity index is 763. The fraction of sp³-hybridized carbons (Fsp3) is 0.300. The van der Waals surface area contributed by atoms with E-state index >= 15 is 0 Å². The maximum atomic E-state index is 12.1. The van der Waals surface area contributed by atoms with Gasteiger partial charge in [0.25, 0.3) is 0 Å². The van der Waals surface area contributed by atoms with E-state index in [1.807, 2.05) is 42.5 Å². The number of para-hydroxylation sites is 1. The monoisotopic (exact) mass is 389 g/mol. The molecule has 144 valence electrons. The van der Waals surface area contributed by atoms with Crippen LogP contribution in [0.15, 0.2) is 53.4 Å². The maximum absolute atomic E-state index is 12.1. The van der Waals surface area contributed by atoms with Crippen molar-refractivity contribution in [3.05, 3.63) is 54.1 Å². The van der Waals surface area contributed by atoms with E-state index in [4.69, 9.17) is 9.47 Å². The summed E-state index contributed by atoms with van der Waals surface area (Å²) in [4.78, 5) is 24.6. The highest BCUT2D eigenvalue weighted by Gasteiger charge is 2.20. The van der Waals surface area contributed by atoms with Gasteiger partial charge in [0.1, 0.15) is 11.5 Å². The number of hydrogen-bond donors (Lipinski definition) is 2. The molecule has 0 fully saturated rings. The summed E-state index contributed by atoms with van der Waals surface area (Å²) < 4.78 is 10.4. The van der Waals surface area contributed by atoms with Gasteiger partial charge in [-0.3, -0.25) is 9.59 Å². The number of carboxylic acids is 1. The van der Waals surface area contributed by atoms with E-state index in [-0.39, 0.29) is 24.6 Å². The third-order valence-corrected chi connectivity index (χ3v) is 5.00. The number of aliphatic carboxylic acids is 1. The summed E-state index contributed by atoms with van der Waals surface area (Å²) in [6.07, 6.45) is 0.283. The Morgan fingerprint density at radius 2 is 1.78 bits per heavy atom. The third-order valence-electron chi connectivity index (χ3n) is 3.98. The summed E-state index contributed by atoms with van der Waals surface area (Å²) in [6, 6.07) is 14.7. The summed E-state index contributed by atoms with van der Waals surface area (Å²) in [5.41, 5.74) is 0.800. The van der Waals surface area contributed by atoms with E-state index in [0.717, 1.165) is 16.2 Å². The number of ether oxygens (including phenoxy) is 2. The Hall–Kier alpha value is -2.67. The summed E-state index contributed by atoms with van der Waals surface area (Å²) in [5.74, 6) is -0.273. The first-order valence-electron chi connectivity index (χ1n) is 8.41. The highest BCUT2D eigenvalue weighted by atomic mass is 32.2. The van der Waals surface area contributed by atoms with Gasteiger partial charge in [0.15, 0.2) is 0 Å². The third kappa shape index (κ3) is 6.53. The smallest absolute Gasteiger partial charge is 0.308 e. The second-order valence-corrected chi connectivity index (χ2v) is 6.87. The molecule has 2 aromatic rings. The lowest BCUT2D eigenvalue weighted by molar-refractivity contribution is -0.141. The van der Waals surface area contributed by atoms with Crippen LogP contribution in [0.25, 0.3) is 0 Å². The minimum absolute atomic E-state index is 0.0649. The minimum Gasteiger partial charge on any atom is -0.497 e. The van der Waals surface area contributed by atoms with Crippen LogP contribution in [0.4, 0.5) is 0 Å². The van der Waals surface area contributed by atoms with Crippen LogP contribution in [-0.2, 0) is 16.0 Å². The number of nitrogens with one attached hydrogen (secondary N) is 1. The van der Waals surface area contributed by atoms with E-state index in [1.54, 1.807) is 20.3 Å². The van der Waals surface area contributed by atoms with Crippen LogP contribution in [0.1, 0.15) is 5.56 Å². The van der Waals surface area contributed by atoms with Crippen molar-refractivity contribution in [3.63, 3.8) is 0 Å². The van der Waals surface area contributed by atoms with Gasteiger partial charge in [-0.25, -0.2) is 0 Å². The highest BCUT2D eigenvalue weighted by Crippen LogP contribution is 2.22. The Balaban J connectivity index is 1.85. The topological polar surface area (TPSA) is 84.9 Å². The largest absolute Gasteiger partial charge is 0.497 e. The zero-order chi connectivity index (χ0) is 19.6. The number of carbonyl (C=O) groups is 2. The summed E-state index contributed by atoms with van der Waals surface area (Å²) in [7, 11) is 3.15. The van der Waals surface area contributed by atoms with Crippen LogP contribution < -0.4 is 14.8 Å². The fourth-order valence-electron chi connectivity index (χ4n) is 2.49. The standard InChI is InChI=1S/C20H23NO5S/c1-25-16-7-9-17(10-8-16)27-13-19(22)21-12-15(20(23)24)11-14-5-3-4-6-18(14)26-2/h3-10,15H,11-13H2,1-2H3,(H,21,22)(H,23,24). The van der Waals surface area contributed by atoms with Crippen molar-refractivity contribution < 1.29 is 24.2 Å². The van der Waals surface area contributed by atoms with Gasteiger partial charge in [0.2, 0.25) is 5.91 Å². The molecule has 0 radical (unpaired) electrons.